The Hall–Kier alpha value is -3.95. The lowest BCUT2D eigenvalue weighted by molar-refractivity contribution is -0.140. The molecular weight excluding hydrogens is 469 g/mol. The van der Waals surface area contributed by atoms with Gasteiger partial charge in [-0.15, -0.1) is 0 Å². The van der Waals surface area contributed by atoms with Crippen molar-refractivity contribution in [3.63, 3.8) is 0 Å². The number of hydrogen-bond acceptors (Lipinski definition) is 4. The highest BCUT2D eigenvalue weighted by atomic mass is 19.4. The minimum atomic E-state index is -4.52. The molecule has 4 aromatic rings. The van der Waals surface area contributed by atoms with Gasteiger partial charge in [-0.1, -0.05) is 13.8 Å². The van der Waals surface area contributed by atoms with Crippen LogP contribution in [0.15, 0.2) is 48.8 Å². The van der Waals surface area contributed by atoms with Crippen LogP contribution in [0, 0.1) is 6.92 Å². The van der Waals surface area contributed by atoms with Crippen molar-refractivity contribution in [2.45, 2.75) is 39.4 Å². The van der Waals surface area contributed by atoms with E-state index in [1.807, 2.05) is 23.6 Å². The molecular formula is C26H25F3N6O. The topological polar surface area (TPSA) is 68.8 Å². The molecule has 0 atom stereocenters. The number of nitrogens with zero attached hydrogens (tertiary/aromatic N) is 6. The smallest absolute Gasteiger partial charge is 0.333 e. The first-order valence-electron chi connectivity index (χ1n) is 11.6. The Balaban J connectivity index is 1.49. The number of benzene rings is 1. The third kappa shape index (κ3) is 3.96. The fraction of sp³-hybridized carbons (Fsp3) is 0.308. The highest BCUT2D eigenvalue weighted by Gasteiger charge is 2.35. The first-order chi connectivity index (χ1) is 17.1. The largest absolute Gasteiger partial charge is 0.434 e. The number of anilines is 1. The van der Waals surface area contributed by atoms with Gasteiger partial charge < -0.3 is 14.0 Å². The van der Waals surface area contributed by atoms with E-state index in [0.29, 0.717) is 35.7 Å². The van der Waals surface area contributed by atoms with Crippen LogP contribution in [0.3, 0.4) is 0 Å². The van der Waals surface area contributed by atoms with Gasteiger partial charge in [0.25, 0.3) is 5.91 Å². The molecule has 10 heteroatoms. The Labute approximate surface area is 206 Å². The molecule has 3 aromatic heterocycles. The quantitative estimate of drug-likeness (QED) is 0.378. The maximum absolute atomic E-state index is 13.7. The Morgan fingerprint density at radius 1 is 1.03 bits per heavy atom. The molecule has 36 heavy (non-hydrogen) atoms. The number of amides is 1. The van der Waals surface area contributed by atoms with Gasteiger partial charge >= 0.3 is 6.18 Å². The number of pyridine rings is 1. The molecule has 0 fully saturated rings. The predicted octanol–water partition coefficient (Wildman–Crippen LogP) is 5.46. The van der Waals surface area contributed by atoms with Crippen LogP contribution in [-0.4, -0.2) is 36.5 Å². The monoisotopic (exact) mass is 494 g/mol. The number of imidazole rings is 2. The van der Waals surface area contributed by atoms with Gasteiger partial charge in [0, 0.05) is 49.3 Å². The molecule has 0 spiro atoms. The molecule has 1 aliphatic rings. The van der Waals surface area contributed by atoms with Crippen molar-refractivity contribution in [1.29, 1.82) is 0 Å². The summed E-state index contributed by atoms with van der Waals surface area (Å²) in [5.74, 6) is 0.939. The standard InChI is InChI=1S/C26H25F3N6O/c1-15(2)21-19(6-5-11-30-21)22-23-25(36)35(13-12-34(23)16(3)31-22)18-9-7-17(8-10-18)24-32-20(14-33(24)4)26(27,28)29/h5-11,14-15H,12-13H2,1-4H3. The van der Waals surface area contributed by atoms with Crippen molar-refractivity contribution in [3.8, 4) is 22.6 Å². The number of alkyl halides is 3. The summed E-state index contributed by atoms with van der Waals surface area (Å²) in [6.07, 6.45) is -1.81. The molecule has 0 bridgehead atoms. The van der Waals surface area contributed by atoms with Crippen LogP contribution >= 0.6 is 0 Å². The van der Waals surface area contributed by atoms with E-state index in [9.17, 15) is 18.0 Å². The molecule has 0 aliphatic carbocycles. The van der Waals surface area contributed by atoms with Gasteiger partial charge in [-0.2, -0.15) is 13.2 Å². The normalized spacial score (nSPS) is 14.0. The highest BCUT2D eigenvalue weighted by molar-refractivity contribution is 6.09. The second-order valence-corrected chi connectivity index (χ2v) is 9.16. The van der Waals surface area contributed by atoms with Gasteiger partial charge in [0.15, 0.2) is 5.69 Å². The summed E-state index contributed by atoms with van der Waals surface area (Å²) in [7, 11) is 1.52. The molecule has 186 valence electrons. The second kappa shape index (κ2) is 8.61. The number of rotatable bonds is 4. The summed E-state index contributed by atoms with van der Waals surface area (Å²) in [4.78, 5) is 28.4. The van der Waals surface area contributed by atoms with Crippen LogP contribution in [0.2, 0.25) is 0 Å². The average Bonchev–Trinajstić information content (AvgIpc) is 3.40. The fourth-order valence-corrected chi connectivity index (χ4v) is 4.66. The lowest BCUT2D eigenvalue weighted by Gasteiger charge is -2.29. The zero-order valence-electron chi connectivity index (χ0n) is 20.3. The Morgan fingerprint density at radius 3 is 2.39 bits per heavy atom. The van der Waals surface area contributed by atoms with Gasteiger partial charge in [-0.05, 0) is 49.2 Å². The number of hydrogen-bond donors (Lipinski definition) is 0. The summed E-state index contributed by atoms with van der Waals surface area (Å²) in [6.45, 7) is 7.02. The van der Waals surface area contributed by atoms with E-state index in [1.165, 1.54) is 11.6 Å². The van der Waals surface area contributed by atoms with E-state index in [2.05, 4.69) is 23.8 Å². The van der Waals surface area contributed by atoms with Crippen LogP contribution in [0.4, 0.5) is 18.9 Å². The maximum Gasteiger partial charge on any atom is 0.434 e. The van der Waals surface area contributed by atoms with Crippen LogP contribution < -0.4 is 4.90 Å². The third-order valence-corrected chi connectivity index (χ3v) is 6.40. The van der Waals surface area contributed by atoms with E-state index in [0.717, 1.165) is 23.3 Å². The molecule has 1 aromatic carbocycles. The molecule has 1 amide bonds. The zero-order valence-corrected chi connectivity index (χ0v) is 20.3. The number of carbonyl (C=O) groups is 1. The predicted molar refractivity (Wildman–Crippen MR) is 130 cm³/mol. The summed E-state index contributed by atoms with van der Waals surface area (Å²) in [5.41, 5.74) is 3.08. The fourth-order valence-electron chi connectivity index (χ4n) is 4.66. The number of aromatic nitrogens is 5. The van der Waals surface area contributed by atoms with Crippen molar-refractivity contribution in [2.75, 3.05) is 11.4 Å². The Morgan fingerprint density at radius 2 is 1.75 bits per heavy atom. The van der Waals surface area contributed by atoms with Crippen molar-refractivity contribution in [1.82, 2.24) is 24.1 Å². The molecule has 5 rings (SSSR count). The lowest BCUT2D eigenvalue weighted by Crippen LogP contribution is -2.40. The van der Waals surface area contributed by atoms with Gasteiger partial charge in [-0.3, -0.25) is 9.78 Å². The molecule has 0 saturated carbocycles. The first kappa shape index (κ1) is 23.8. The van der Waals surface area contributed by atoms with Crippen molar-refractivity contribution in [2.24, 2.45) is 7.05 Å². The molecule has 0 N–H and O–H groups in total. The molecule has 4 heterocycles. The molecule has 0 saturated heterocycles. The van der Waals surface area contributed by atoms with Gasteiger partial charge in [-0.25, -0.2) is 9.97 Å². The third-order valence-electron chi connectivity index (χ3n) is 6.40. The number of carbonyl (C=O) groups excluding carboxylic acids is 1. The van der Waals surface area contributed by atoms with E-state index in [4.69, 9.17) is 4.98 Å². The Bertz CT molecular complexity index is 1450. The maximum atomic E-state index is 13.7. The van der Waals surface area contributed by atoms with Crippen LogP contribution in [0.5, 0.6) is 0 Å². The zero-order chi connectivity index (χ0) is 25.8. The SMILES string of the molecule is Cc1nc(-c2cccnc2C(C)C)c2n1CCN(c1ccc(-c3nc(C(F)(F)F)cn3C)cc1)C2=O. The minimum Gasteiger partial charge on any atom is -0.333 e. The highest BCUT2D eigenvalue weighted by Crippen LogP contribution is 2.35. The van der Waals surface area contributed by atoms with E-state index in [-0.39, 0.29) is 17.6 Å². The van der Waals surface area contributed by atoms with E-state index in [1.54, 1.807) is 35.4 Å². The van der Waals surface area contributed by atoms with E-state index >= 15 is 0 Å². The number of fused-ring (bicyclic) bond motifs is 1. The van der Waals surface area contributed by atoms with Crippen molar-refractivity contribution < 1.29 is 18.0 Å². The summed E-state index contributed by atoms with van der Waals surface area (Å²) < 4.78 is 42.5. The van der Waals surface area contributed by atoms with Crippen LogP contribution in [0.1, 0.15) is 47.5 Å². The van der Waals surface area contributed by atoms with Gasteiger partial charge in [0.05, 0.1) is 5.69 Å². The van der Waals surface area contributed by atoms with Crippen molar-refractivity contribution in [3.05, 3.63) is 71.7 Å². The lowest BCUT2D eigenvalue weighted by atomic mass is 9.99. The van der Waals surface area contributed by atoms with Crippen molar-refractivity contribution >= 4 is 11.6 Å². The van der Waals surface area contributed by atoms with E-state index < -0.39 is 11.9 Å². The number of halogens is 3. The molecule has 0 radical (unpaired) electrons. The van der Waals surface area contributed by atoms with Gasteiger partial charge in [0.2, 0.25) is 0 Å². The summed E-state index contributed by atoms with van der Waals surface area (Å²) >= 11 is 0. The van der Waals surface area contributed by atoms with Gasteiger partial charge in [0.1, 0.15) is 23.0 Å². The molecule has 7 nitrogen and oxygen atoms in total. The summed E-state index contributed by atoms with van der Waals surface area (Å²) in [6, 6.07) is 10.6. The molecule has 0 unspecified atom stereocenters. The molecule has 1 aliphatic heterocycles. The average molecular weight is 495 g/mol. The van der Waals surface area contributed by atoms with Crippen LogP contribution in [-0.2, 0) is 19.8 Å². The number of aryl methyl sites for hydroxylation is 2. The minimum absolute atomic E-state index is 0.158. The van der Waals surface area contributed by atoms with Crippen LogP contribution in [0.25, 0.3) is 22.6 Å². The first-order valence-corrected chi connectivity index (χ1v) is 11.6. The summed E-state index contributed by atoms with van der Waals surface area (Å²) in [5, 5.41) is 0. The second-order valence-electron chi connectivity index (χ2n) is 9.16. The Kier molecular flexibility index (Phi) is 5.69.